The van der Waals surface area contributed by atoms with Gasteiger partial charge in [-0.25, -0.2) is 19.0 Å². The van der Waals surface area contributed by atoms with Crippen molar-refractivity contribution in [1.82, 2.24) is 25.0 Å². The van der Waals surface area contributed by atoms with Crippen LogP contribution in [0, 0.1) is 12.7 Å². The van der Waals surface area contributed by atoms with E-state index in [0.717, 1.165) is 4.90 Å². The number of rotatable bonds is 10. The van der Waals surface area contributed by atoms with Gasteiger partial charge in [0.25, 0.3) is 0 Å². The van der Waals surface area contributed by atoms with Crippen LogP contribution in [0.1, 0.15) is 32.9 Å². The molecule has 3 aromatic rings. The molecule has 0 atom stereocenters. The number of aromatic nitrogens is 3. The van der Waals surface area contributed by atoms with Crippen LogP contribution in [0.25, 0.3) is 11.3 Å². The molecule has 3 N–H and O–H groups in total. The summed E-state index contributed by atoms with van der Waals surface area (Å²) in [5.74, 6) is -0.656. The second-order valence-electron chi connectivity index (χ2n) is 10.4. The molecule has 0 spiro atoms. The molecular weight excluding hydrogens is 569 g/mol. The summed E-state index contributed by atoms with van der Waals surface area (Å²) in [5, 5.41) is 23.5. The van der Waals surface area contributed by atoms with Crippen molar-refractivity contribution >= 4 is 46.9 Å². The third-order valence-electron chi connectivity index (χ3n) is 5.78. The maximum Gasteiger partial charge on any atom is 0.410 e. The van der Waals surface area contributed by atoms with Crippen molar-refractivity contribution in [2.45, 2.75) is 39.7 Å². The van der Waals surface area contributed by atoms with Gasteiger partial charge in [0, 0.05) is 61.6 Å². The van der Waals surface area contributed by atoms with Crippen LogP contribution in [-0.4, -0.2) is 80.5 Å². The average molecular weight is 602 g/mol. The first-order chi connectivity index (χ1) is 19.7. The van der Waals surface area contributed by atoms with Crippen molar-refractivity contribution in [1.29, 1.82) is 0 Å². The molecule has 0 fully saturated rings. The van der Waals surface area contributed by atoms with Crippen molar-refractivity contribution in [2.75, 3.05) is 37.3 Å². The fraction of sp³-hybridized carbons (Fsp3) is 0.357. The van der Waals surface area contributed by atoms with Gasteiger partial charge in [0.2, 0.25) is 5.91 Å². The molecule has 224 valence electrons. The SMILES string of the molecule is Cc1nnc(-c2cc(Cl)ccc2F)cc1Nc1ccnc(NC(=O)CCN(CCN(C)C(=O)O)C(=O)OC(C)(C)C)c1. The predicted octanol–water partition coefficient (Wildman–Crippen LogP) is 5.56. The summed E-state index contributed by atoms with van der Waals surface area (Å²) in [6.45, 7) is 6.96. The Morgan fingerprint density at radius 1 is 1.07 bits per heavy atom. The summed E-state index contributed by atoms with van der Waals surface area (Å²) in [4.78, 5) is 43.0. The number of nitrogens with zero attached hydrogens (tertiary/aromatic N) is 5. The molecule has 0 bridgehead atoms. The lowest BCUT2D eigenvalue weighted by Crippen LogP contribution is -2.42. The first-order valence-electron chi connectivity index (χ1n) is 13.0. The molecule has 0 aliphatic carbocycles. The molecule has 0 radical (unpaired) electrons. The van der Waals surface area contributed by atoms with Gasteiger partial charge in [-0.2, -0.15) is 10.2 Å². The molecule has 12 nitrogen and oxygen atoms in total. The zero-order valence-electron chi connectivity index (χ0n) is 23.9. The van der Waals surface area contributed by atoms with Gasteiger partial charge >= 0.3 is 12.2 Å². The monoisotopic (exact) mass is 601 g/mol. The number of amides is 3. The topological polar surface area (TPSA) is 150 Å². The van der Waals surface area contributed by atoms with E-state index in [2.05, 4.69) is 25.8 Å². The maximum absolute atomic E-state index is 14.4. The zero-order valence-corrected chi connectivity index (χ0v) is 24.7. The zero-order chi connectivity index (χ0) is 31.0. The number of aryl methyl sites for hydroxylation is 1. The van der Waals surface area contributed by atoms with Crippen molar-refractivity contribution in [3.05, 3.63) is 59.1 Å². The summed E-state index contributed by atoms with van der Waals surface area (Å²) >= 11 is 6.03. The number of nitrogens with one attached hydrogen (secondary N) is 2. The number of hydrogen-bond donors (Lipinski definition) is 3. The number of ether oxygens (including phenoxy) is 1. The van der Waals surface area contributed by atoms with E-state index < -0.39 is 29.5 Å². The van der Waals surface area contributed by atoms with Crippen molar-refractivity contribution in [2.24, 2.45) is 0 Å². The van der Waals surface area contributed by atoms with E-state index in [0.29, 0.717) is 22.1 Å². The summed E-state index contributed by atoms with van der Waals surface area (Å²) in [6.07, 6.45) is -0.385. The molecule has 3 rings (SSSR count). The maximum atomic E-state index is 14.4. The number of anilines is 3. The molecule has 0 unspecified atom stereocenters. The average Bonchev–Trinajstić information content (AvgIpc) is 2.90. The molecule has 0 aliphatic heterocycles. The number of pyridine rings is 1. The normalized spacial score (nSPS) is 11.0. The first kappa shape index (κ1) is 32.0. The molecule has 1 aromatic carbocycles. The van der Waals surface area contributed by atoms with Gasteiger partial charge in [0.05, 0.1) is 17.1 Å². The molecule has 3 amide bonds. The highest BCUT2D eigenvalue weighted by atomic mass is 35.5. The van der Waals surface area contributed by atoms with Gasteiger partial charge in [0.1, 0.15) is 17.2 Å². The van der Waals surface area contributed by atoms with E-state index in [1.54, 1.807) is 45.9 Å². The van der Waals surface area contributed by atoms with Gasteiger partial charge in [-0.15, -0.1) is 0 Å². The van der Waals surface area contributed by atoms with Crippen molar-refractivity contribution in [3.63, 3.8) is 0 Å². The Balaban J connectivity index is 1.67. The van der Waals surface area contributed by atoms with Crippen molar-refractivity contribution in [3.8, 4) is 11.3 Å². The smallest absolute Gasteiger partial charge is 0.410 e. The van der Waals surface area contributed by atoms with Gasteiger partial charge in [-0.1, -0.05) is 11.6 Å². The molecule has 0 aliphatic rings. The van der Waals surface area contributed by atoms with Crippen molar-refractivity contribution < 1.29 is 28.6 Å². The lowest BCUT2D eigenvalue weighted by atomic mass is 10.1. The Morgan fingerprint density at radius 3 is 2.50 bits per heavy atom. The Labute approximate surface area is 247 Å². The highest BCUT2D eigenvalue weighted by Gasteiger charge is 2.23. The van der Waals surface area contributed by atoms with Gasteiger partial charge in [-0.05, 0) is 58.0 Å². The Hall–Kier alpha value is -4.52. The minimum Gasteiger partial charge on any atom is -0.465 e. The standard InChI is InChI=1S/C28H33ClFN7O5/c1-17-22(16-23(35-34-17)20-14-18(29)6-7-21(20)30)32-19-8-10-31-24(15-19)33-25(38)9-11-37(13-12-36(5)26(39)40)27(41)42-28(2,3)4/h6-8,10,14-16H,9,11-13H2,1-5H3,(H,39,40)(H2,31,32,33,35,38). The minimum absolute atomic E-state index is 0.00311. The molecular formula is C28H33ClFN7O5. The lowest BCUT2D eigenvalue weighted by Gasteiger charge is -2.28. The number of hydrogen-bond acceptors (Lipinski definition) is 8. The first-order valence-corrected chi connectivity index (χ1v) is 13.3. The summed E-state index contributed by atoms with van der Waals surface area (Å²) < 4.78 is 19.8. The second kappa shape index (κ2) is 13.9. The van der Waals surface area contributed by atoms with Gasteiger partial charge in [0.15, 0.2) is 0 Å². The largest absolute Gasteiger partial charge is 0.465 e. The second-order valence-corrected chi connectivity index (χ2v) is 10.8. The van der Waals surface area contributed by atoms with E-state index >= 15 is 0 Å². The Bertz CT molecular complexity index is 1450. The van der Waals surface area contributed by atoms with Crippen LogP contribution in [0.4, 0.5) is 31.2 Å². The molecule has 0 saturated carbocycles. The van der Waals surface area contributed by atoms with E-state index in [4.69, 9.17) is 21.4 Å². The quantitative estimate of drug-likeness (QED) is 0.271. The fourth-order valence-corrected chi connectivity index (χ4v) is 3.74. The van der Waals surface area contributed by atoms with E-state index in [1.807, 2.05) is 0 Å². The predicted molar refractivity (Wildman–Crippen MR) is 156 cm³/mol. The Kier molecular flexibility index (Phi) is 10.6. The number of carbonyl (C=O) groups excluding carboxylic acids is 2. The molecule has 2 aromatic heterocycles. The minimum atomic E-state index is -1.14. The van der Waals surface area contributed by atoms with Crippen LogP contribution in [-0.2, 0) is 9.53 Å². The molecule has 14 heteroatoms. The molecule has 0 saturated heterocycles. The third kappa shape index (κ3) is 9.54. The third-order valence-corrected chi connectivity index (χ3v) is 6.02. The Morgan fingerprint density at radius 2 is 1.81 bits per heavy atom. The van der Waals surface area contributed by atoms with E-state index in [-0.39, 0.29) is 43.1 Å². The van der Waals surface area contributed by atoms with Crippen LogP contribution in [0.2, 0.25) is 5.02 Å². The summed E-state index contributed by atoms with van der Waals surface area (Å²) in [7, 11) is 1.38. The number of benzene rings is 1. The molecule has 2 heterocycles. The highest BCUT2D eigenvalue weighted by Crippen LogP contribution is 2.28. The lowest BCUT2D eigenvalue weighted by molar-refractivity contribution is -0.116. The van der Waals surface area contributed by atoms with Crippen LogP contribution < -0.4 is 10.6 Å². The summed E-state index contributed by atoms with van der Waals surface area (Å²) in [6, 6.07) is 9.09. The van der Waals surface area contributed by atoms with Crippen LogP contribution in [0.15, 0.2) is 42.6 Å². The number of carboxylic acid groups (broad SMARTS) is 1. The number of carbonyl (C=O) groups is 3. The van der Waals surface area contributed by atoms with E-state index in [1.165, 1.54) is 36.3 Å². The fourth-order valence-electron chi connectivity index (χ4n) is 3.57. The van der Waals surface area contributed by atoms with Gasteiger partial charge in [-0.3, -0.25) is 4.79 Å². The van der Waals surface area contributed by atoms with Gasteiger partial charge < -0.3 is 30.3 Å². The summed E-state index contributed by atoms with van der Waals surface area (Å²) in [5.41, 5.74) is 1.41. The van der Waals surface area contributed by atoms with Crippen LogP contribution in [0.3, 0.4) is 0 Å². The van der Waals surface area contributed by atoms with E-state index in [9.17, 15) is 18.8 Å². The number of likely N-dealkylation sites (N-methyl/N-ethyl adjacent to an activating group) is 1. The highest BCUT2D eigenvalue weighted by molar-refractivity contribution is 6.30. The molecule has 42 heavy (non-hydrogen) atoms. The number of halogens is 2. The van der Waals surface area contributed by atoms with Crippen LogP contribution >= 0.6 is 11.6 Å². The van der Waals surface area contributed by atoms with Crippen LogP contribution in [0.5, 0.6) is 0 Å².